The molecule has 0 aliphatic rings. The lowest BCUT2D eigenvalue weighted by molar-refractivity contribution is 0.668. The molecule has 92 valence electrons. The molecule has 0 fully saturated rings. The zero-order valence-electron chi connectivity index (χ0n) is 10.2. The number of aromatic nitrogens is 2. The number of hydrogen-bond donors (Lipinski definition) is 1. The summed E-state index contributed by atoms with van der Waals surface area (Å²) in [6, 6.07) is 2.13. The molecular weight excluding hydrogens is 250 g/mol. The number of hydrogen-bond acceptors (Lipinski definition) is 5. The van der Waals surface area contributed by atoms with Crippen molar-refractivity contribution in [1.82, 2.24) is 15.5 Å². The van der Waals surface area contributed by atoms with Gasteiger partial charge in [0.05, 0.1) is 4.88 Å². The fourth-order valence-electron chi connectivity index (χ4n) is 1.54. The first-order valence-corrected chi connectivity index (χ1v) is 7.58. The average Bonchev–Trinajstić information content (AvgIpc) is 2.93. The fraction of sp³-hybridized carbons (Fsp3) is 0.500. The molecule has 2 heterocycles. The summed E-state index contributed by atoms with van der Waals surface area (Å²) < 4.78 is 0. The van der Waals surface area contributed by atoms with Crippen molar-refractivity contribution in [3.63, 3.8) is 0 Å². The second-order valence-corrected chi connectivity index (χ2v) is 5.91. The largest absolute Gasteiger partial charge is 0.316 e. The van der Waals surface area contributed by atoms with Crippen LogP contribution in [0, 0.1) is 6.92 Å². The number of rotatable bonds is 6. The van der Waals surface area contributed by atoms with Gasteiger partial charge in [0.15, 0.2) is 5.01 Å². The molecule has 5 heteroatoms. The van der Waals surface area contributed by atoms with E-state index in [-0.39, 0.29) is 0 Å². The van der Waals surface area contributed by atoms with Crippen LogP contribution in [0.3, 0.4) is 0 Å². The molecule has 2 aromatic rings. The van der Waals surface area contributed by atoms with Gasteiger partial charge in [-0.25, -0.2) is 0 Å². The SMILES string of the molecule is CCCNCCc1nnc(-c2sccc2C)s1. The van der Waals surface area contributed by atoms with Crippen LogP contribution in [0.2, 0.25) is 0 Å². The summed E-state index contributed by atoms with van der Waals surface area (Å²) >= 11 is 3.45. The Balaban J connectivity index is 1.95. The molecule has 1 N–H and O–H groups in total. The van der Waals surface area contributed by atoms with Crippen molar-refractivity contribution >= 4 is 22.7 Å². The Morgan fingerprint density at radius 2 is 2.18 bits per heavy atom. The van der Waals surface area contributed by atoms with E-state index in [0.717, 1.165) is 29.5 Å². The van der Waals surface area contributed by atoms with Crippen molar-refractivity contribution in [2.75, 3.05) is 13.1 Å². The fourth-order valence-corrected chi connectivity index (χ4v) is 3.45. The molecule has 0 spiro atoms. The normalized spacial score (nSPS) is 10.9. The number of nitrogens with zero attached hydrogens (tertiary/aromatic N) is 2. The molecule has 0 aliphatic carbocycles. The average molecular weight is 267 g/mol. The predicted octanol–water partition coefficient (Wildman–Crippen LogP) is 3.12. The van der Waals surface area contributed by atoms with E-state index in [1.54, 1.807) is 22.7 Å². The van der Waals surface area contributed by atoms with E-state index in [2.05, 4.69) is 40.8 Å². The summed E-state index contributed by atoms with van der Waals surface area (Å²) in [5.74, 6) is 0. The maximum atomic E-state index is 4.27. The highest BCUT2D eigenvalue weighted by Crippen LogP contribution is 2.31. The van der Waals surface area contributed by atoms with Gasteiger partial charge in [0.25, 0.3) is 0 Å². The van der Waals surface area contributed by atoms with Crippen LogP contribution >= 0.6 is 22.7 Å². The van der Waals surface area contributed by atoms with Gasteiger partial charge in [-0.05, 0) is 36.9 Å². The van der Waals surface area contributed by atoms with Crippen LogP contribution in [0.4, 0.5) is 0 Å². The Kier molecular flexibility index (Phi) is 4.65. The number of thiophene rings is 1. The lowest BCUT2D eigenvalue weighted by Gasteiger charge is -1.98. The van der Waals surface area contributed by atoms with Crippen molar-refractivity contribution in [3.8, 4) is 9.88 Å². The van der Waals surface area contributed by atoms with Crippen molar-refractivity contribution in [2.45, 2.75) is 26.7 Å². The Morgan fingerprint density at radius 3 is 2.88 bits per heavy atom. The number of aryl methyl sites for hydroxylation is 1. The van der Waals surface area contributed by atoms with Crippen molar-refractivity contribution in [2.24, 2.45) is 0 Å². The van der Waals surface area contributed by atoms with Gasteiger partial charge in [-0.2, -0.15) is 0 Å². The van der Waals surface area contributed by atoms with E-state index in [9.17, 15) is 0 Å². The molecular formula is C12H17N3S2. The summed E-state index contributed by atoms with van der Waals surface area (Å²) in [6.45, 7) is 6.37. The van der Waals surface area contributed by atoms with Crippen LogP contribution in [0.1, 0.15) is 23.9 Å². The van der Waals surface area contributed by atoms with E-state index in [4.69, 9.17) is 0 Å². The molecule has 0 amide bonds. The van der Waals surface area contributed by atoms with E-state index in [1.165, 1.54) is 16.9 Å². The van der Waals surface area contributed by atoms with Crippen LogP contribution in [0.5, 0.6) is 0 Å². The molecule has 0 unspecified atom stereocenters. The Morgan fingerprint density at radius 1 is 1.29 bits per heavy atom. The zero-order chi connectivity index (χ0) is 12.1. The van der Waals surface area contributed by atoms with Gasteiger partial charge < -0.3 is 5.32 Å². The highest BCUT2D eigenvalue weighted by molar-refractivity contribution is 7.20. The maximum Gasteiger partial charge on any atom is 0.158 e. The van der Waals surface area contributed by atoms with Crippen LogP contribution in [-0.2, 0) is 6.42 Å². The Labute approximate surface area is 110 Å². The standard InChI is InChI=1S/C12H17N3S2/c1-3-6-13-7-4-10-14-15-12(17-10)11-9(2)5-8-16-11/h5,8,13H,3-4,6-7H2,1-2H3. The minimum absolute atomic E-state index is 0.974. The maximum absolute atomic E-state index is 4.27. The molecule has 2 rings (SSSR count). The lowest BCUT2D eigenvalue weighted by atomic mass is 10.3. The second kappa shape index (κ2) is 6.23. The van der Waals surface area contributed by atoms with Crippen LogP contribution in [0.15, 0.2) is 11.4 Å². The van der Waals surface area contributed by atoms with Crippen molar-refractivity contribution in [1.29, 1.82) is 0 Å². The van der Waals surface area contributed by atoms with Crippen molar-refractivity contribution in [3.05, 3.63) is 22.0 Å². The first-order valence-electron chi connectivity index (χ1n) is 5.89. The quantitative estimate of drug-likeness (QED) is 0.817. The second-order valence-electron chi connectivity index (χ2n) is 3.93. The highest BCUT2D eigenvalue weighted by atomic mass is 32.1. The number of nitrogens with one attached hydrogen (secondary N) is 1. The first-order chi connectivity index (χ1) is 8.31. The monoisotopic (exact) mass is 267 g/mol. The third-order valence-corrected chi connectivity index (χ3v) is 4.62. The summed E-state index contributed by atoms with van der Waals surface area (Å²) in [7, 11) is 0. The highest BCUT2D eigenvalue weighted by Gasteiger charge is 2.09. The molecule has 0 bridgehead atoms. The smallest absolute Gasteiger partial charge is 0.158 e. The lowest BCUT2D eigenvalue weighted by Crippen LogP contribution is -2.17. The van der Waals surface area contributed by atoms with Crippen LogP contribution < -0.4 is 5.32 Å². The Bertz CT molecular complexity index is 462. The van der Waals surface area contributed by atoms with Gasteiger partial charge in [0.2, 0.25) is 0 Å². The summed E-state index contributed by atoms with van der Waals surface area (Å²) in [5.41, 5.74) is 1.29. The summed E-state index contributed by atoms with van der Waals surface area (Å²) in [4.78, 5) is 1.26. The molecule has 0 radical (unpaired) electrons. The minimum atomic E-state index is 0.974. The molecule has 0 saturated carbocycles. The third-order valence-electron chi connectivity index (χ3n) is 2.47. The molecule has 3 nitrogen and oxygen atoms in total. The summed E-state index contributed by atoms with van der Waals surface area (Å²) in [5, 5.41) is 16.2. The topological polar surface area (TPSA) is 37.8 Å². The van der Waals surface area contributed by atoms with Gasteiger partial charge in [0, 0.05) is 13.0 Å². The molecule has 2 aromatic heterocycles. The zero-order valence-corrected chi connectivity index (χ0v) is 11.8. The molecule has 0 atom stereocenters. The van der Waals surface area contributed by atoms with Gasteiger partial charge in [-0.3, -0.25) is 0 Å². The van der Waals surface area contributed by atoms with Gasteiger partial charge in [-0.15, -0.1) is 21.5 Å². The molecule has 17 heavy (non-hydrogen) atoms. The van der Waals surface area contributed by atoms with Gasteiger partial charge in [-0.1, -0.05) is 18.3 Å². The summed E-state index contributed by atoms with van der Waals surface area (Å²) in [6.07, 6.45) is 2.15. The predicted molar refractivity (Wildman–Crippen MR) is 74.8 cm³/mol. The first kappa shape index (κ1) is 12.7. The minimum Gasteiger partial charge on any atom is -0.316 e. The van der Waals surface area contributed by atoms with Crippen LogP contribution in [0.25, 0.3) is 9.88 Å². The van der Waals surface area contributed by atoms with E-state index >= 15 is 0 Å². The van der Waals surface area contributed by atoms with E-state index in [0.29, 0.717) is 0 Å². The third kappa shape index (κ3) is 3.34. The van der Waals surface area contributed by atoms with Gasteiger partial charge >= 0.3 is 0 Å². The van der Waals surface area contributed by atoms with E-state index < -0.39 is 0 Å². The van der Waals surface area contributed by atoms with Crippen LogP contribution in [-0.4, -0.2) is 23.3 Å². The van der Waals surface area contributed by atoms with Gasteiger partial charge in [0.1, 0.15) is 5.01 Å². The van der Waals surface area contributed by atoms with Crippen molar-refractivity contribution < 1.29 is 0 Å². The molecule has 0 saturated heterocycles. The van der Waals surface area contributed by atoms with E-state index in [1.807, 2.05) is 0 Å². The Hall–Kier alpha value is -0.780. The molecule has 0 aliphatic heterocycles. The molecule has 0 aromatic carbocycles.